The molecule has 0 amide bonds. The Morgan fingerprint density at radius 3 is 1.70 bits per heavy atom. The van der Waals surface area contributed by atoms with Gasteiger partial charge in [0.15, 0.2) is 0 Å². The zero-order valence-electron chi connectivity index (χ0n) is 5.15. The van der Waals surface area contributed by atoms with E-state index in [1.165, 1.54) is 5.16 Å². The largest absolute Gasteiger partial charge is 2.00 e. The first-order chi connectivity index (χ1) is 4.41. The minimum Gasteiger partial charge on any atom is -0.753 e. The van der Waals surface area contributed by atoms with Crippen molar-refractivity contribution in [3.05, 3.63) is 41.8 Å². The Kier molecular flexibility index (Phi) is 14.2. The SMILES string of the molecule is [N-]=C=S.[W+2].[c-]1ccccc1. The molecule has 0 unspecified atom stereocenters. The average Bonchev–Trinajstić information content (AvgIpc) is 1.93. The summed E-state index contributed by atoms with van der Waals surface area (Å²) >= 11 is 3.70. The van der Waals surface area contributed by atoms with E-state index in [-0.39, 0.29) is 21.1 Å². The van der Waals surface area contributed by atoms with Crippen LogP contribution in [0.5, 0.6) is 0 Å². The quantitative estimate of drug-likeness (QED) is 0.408. The number of rotatable bonds is 0. The number of benzene rings is 1. The predicted octanol–water partition coefficient (Wildman–Crippen LogP) is 2.14. The molecule has 1 aromatic carbocycles. The topological polar surface area (TPSA) is 22.3 Å². The second kappa shape index (κ2) is 11.5. The normalized spacial score (nSPS) is 5.60. The fourth-order valence-electron chi connectivity index (χ4n) is 0.342. The zero-order chi connectivity index (χ0) is 6.95. The van der Waals surface area contributed by atoms with E-state index in [0.717, 1.165) is 0 Å². The smallest absolute Gasteiger partial charge is 0.753 e. The molecular weight excluding hydrogens is 314 g/mol. The molecule has 0 aliphatic heterocycles. The molecule has 0 fully saturated rings. The van der Waals surface area contributed by atoms with E-state index in [9.17, 15) is 0 Å². The Morgan fingerprint density at radius 1 is 1.20 bits per heavy atom. The van der Waals surface area contributed by atoms with E-state index >= 15 is 0 Å². The van der Waals surface area contributed by atoms with E-state index in [1.54, 1.807) is 0 Å². The van der Waals surface area contributed by atoms with Crippen LogP contribution in [0.1, 0.15) is 0 Å². The molecule has 0 heterocycles. The fraction of sp³-hybridized carbons (Fsp3) is 0. The van der Waals surface area contributed by atoms with Gasteiger partial charge >= 0.3 is 21.1 Å². The van der Waals surface area contributed by atoms with Crippen LogP contribution in [0.4, 0.5) is 0 Å². The number of thiocarbonyl (C=S) groups is 1. The van der Waals surface area contributed by atoms with E-state index < -0.39 is 0 Å². The van der Waals surface area contributed by atoms with Crippen LogP contribution in [0.2, 0.25) is 0 Å². The molecule has 0 aromatic heterocycles. The van der Waals surface area contributed by atoms with Crippen LogP contribution in [0.25, 0.3) is 5.41 Å². The number of hydrogen-bond acceptors (Lipinski definition) is 1. The molecule has 1 aromatic rings. The van der Waals surface area contributed by atoms with Crippen molar-refractivity contribution in [2.24, 2.45) is 0 Å². The van der Waals surface area contributed by atoms with Crippen LogP contribution < -0.4 is 0 Å². The van der Waals surface area contributed by atoms with Crippen LogP contribution in [0.15, 0.2) is 30.3 Å². The standard InChI is InChI=1S/C6H5.CNS.W/c1-2-4-6-5-3-1;2-1-3;/h1-5H;;/q2*-1;+2. The van der Waals surface area contributed by atoms with E-state index in [2.05, 4.69) is 18.3 Å². The Balaban J connectivity index is 0. The Labute approximate surface area is 80.2 Å². The van der Waals surface area contributed by atoms with Crippen molar-refractivity contribution >= 4 is 17.4 Å². The third-order valence-corrected chi connectivity index (χ3v) is 0.607. The summed E-state index contributed by atoms with van der Waals surface area (Å²) in [6.45, 7) is 0. The molecular formula is C7H5NSW. The number of isothiocyanates is 1. The zero-order valence-corrected chi connectivity index (χ0v) is 8.90. The van der Waals surface area contributed by atoms with Crippen LogP contribution in [0.3, 0.4) is 0 Å². The van der Waals surface area contributed by atoms with Crippen molar-refractivity contribution in [1.29, 1.82) is 0 Å². The van der Waals surface area contributed by atoms with Gasteiger partial charge in [-0.15, -0.1) is 0 Å². The summed E-state index contributed by atoms with van der Waals surface area (Å²) in [6, 6.07) is 12.5. The molecule has 1 nitrogen and oxygen atoms in total. The summed E-state index contributed by atoms with van der Waals surface area (Å²) in [5, 5.41) is 8.47. The number of hydrogen-bond donors (Lipinski definition) is 0. The summed E-state index contributed by atoms with van der Waals surface area (Å²) in [4.78, 5) is 0. The van der Waals surface area contributed by atoms with E-state index in [0.29, 0.717) is 0 Å². The number of nitrogens with zero attached hydrogens (tertiary/aromatic N) is 1. The van der Waals surface area contributed by atoms with Gasteiger partial charge in [0.05, 0.1) is 0 Å². The van der Waals surface area contributed by atoms with Gasteiger partial charge in [0.25, 0.3) is 0 Å². The fourth-order valence-corrected chi connectivity index (χ4v) is 0.342. The van der Waals surface area contributed by atoms with Gasteiger partial charge in [-0.1, -0.05) is 12.2 Å². The molecule has 0 spiro atoms. The summed E-state index contributed by atoms with van der Waals surface area (Å²) in [5.74, 6) is 0. The maximum absolute atomic E-state index is 7.13. The minimum atomic E-state index is 0. The monoisotopic (exact) mass is 319 g/mol. The molecule has 0 saturated heterocycles. The van der Waals surface area contributed by atoms with Crippen LogP contribution >= 0.6 is 12.2 Å². The molecule has 50 valence electrons. The summed E-state index contributed by atoms with van der Waals surface area (Å²) in [7, 11) is 0. The molecule has 0 atom stereocenters. The minimum absolute atomic E-state index is 0. The van der Waals surface area contributed by atoms with Gasteiger partial charge in [0.1, 0.15) is 0 Å². The molecule has 0 saturated carbocycles. The molecule has 3 heteroatoms. The van der Waals surface area contributed by atoms with Gasteiger partial charge in [-0.25, -0.2) is 0 Å². The first-order valence-corrected chi connectivity index (χ1v) is 2.75. The molecule has 0 aliphatic carbocycles. The molecule has 0 aliphatic rings. The second-order valence-corrected chi connectivity index (χ2v) is 1.35. The summed E-state index contributed by atoms with van der Waals surface area (Å²) in [5.41, 5.74) is 0. The van der Waals surface area contributed by atoms with Gasteiger partial charge in [0, 0.05) is 0 Å². The van der Waals surface area contributed by atoms with Gasteiger partial charge in [0.2, 0.25) is 0 Å². The molecule has 0 radical (unpaired) electrons. The third-order valence-electron chi connectivity index (χ3n) is 0.607. The molecule has 1 rings (SSSR count). The van der Waals surface area contributed by atoms with Crippen molar-refractivity contribution in [1.82, 2.24) is 0 Å². The van der Waals surface area contributed by atoms with Crippen LogP contribution in [-0.2, 0) is 21.1 Å². The first kappa shape index (κ1) is 12.4. The molecule has 0 bridgehead atoms. The third kappa shape index (κ3) is 10.6. The van der Waals surface area contributed by atoms with E-state index in [1.807, 2.05) is 30.3 Å². The molecule has 10 heavy (non-hydrogen) atoms. The maximum atomic E-state index is 7.13. The van der Waals surface area contributed by atoms with Crippen LogP contribution in [0, 0.1) is 6.07 Å². The van der Waals surface area contributed by atoms with Crippen molar-refractivity contribution in [3.63, 3.8) is 0 Å². The van der Waals surface area contributed by atoms with Crippen molar-refractivity contribution in [3.8, 4) is 0 Å². The summed E-state index contributed by atoms with van der Waals surface area (Å²) in [6.07, 6.45) is 0. The van der Waals surface area contributed by atoms with Gasteiger partial charge < -0.3 is 5.41 Å². The van der Waals surface area contributed by atoms with Crippen molar-refractivity contribution in [2.75, 3.05) is 0 Å². The van der Waals surface area contributed by atoms with Crippen molar-refractivity contribution < 1.29 is 21.1 Å². The van der Waals surface area contributed by atoms with Crippen LogP contribution in [-0.4, -0.2) is 5.16 Å². The Bertz CT molecular complexity index is 144. The average molecular weight is 319 g/mol. The van der Waals surface area contributed by atoms with E-state index in [4.69, 9.17) is 5.41 Å². The second-order valence-electron chi connectivity index (χ2n) is 1.17. The van der Waals surface area contributed by atoms with Gasteiger partial charge in [-0.2, -0.15) is 41.6 Å². The Morgan fingerprint density at radius 2 is 1.60 bits per heavy atom. The maximum Gasteiger partial charge on any atom is 2.00 e. The predicted molar refractivity (Wildman–Crippen MR) is 41.2 cm³/mol. The van der Waals surface area contributed by atoms with Gasteiger partial charge in [-0.05, 0) is 0 Å². The summed E-state index contributed by atoms with van der Waals surface area (Å²) < 4.78 is 0. The first-order valence-electron chi connectivity index (χ1n) is 2.34. The van der Waals surface area contributed by atoms with Gasteiger partial charge in [-0.3, -0.25) is 0 Å². The Hall–Kier alpha value is -0.292. The van der Waals surface area contributed by atoms with Crippen molar-refractivity contribution in [2.45, 2.75) is 0 Å². The molecule has 0 N–H and O–H groups in total.